The Morgan fingerprint density at radius 1 is 1.19 bits per heavy atom. The first-order valence-electron chi connectivity index (χ1n) is 7.18. The Balaban J connectivity index is 1.78. The van der Waals surface area contributed by atoms with Crippen molar-refractivity contribution in [2.24, 2.45) is 0 Å². The molecule has 3 N–H and O–H groups in total. The molecule has 114 valence electrons. The minimum absolute atomic E-state index is 0.145. The van der Waals surface area contributed by atoms with Crippen molar-refractivity contribution in [2.45, 2.75) is 44.7 Å². The summed E-state index contributed by atoms with van der Waals surface area (Å²) in [6, 6.07) is 6.04. The Bertz CT molecular complexity index is 498. The third-order valence-corrected chi connectivity index (χ3v) is 3.80. The van der Waals surface area contributed by atoms with E-state index in [0.29, 0.717) is 10.7 Å². The van der Waals surface area contributed by atoms with E-state index in [4.69, 9.17) is 11.6 Å². The van der Waals surface area contributed by atoms with E-state index in [1.165, 1.54) is 0 Å². The molecular weight excluding hydrogens is 290 g/mol. The van der Waals surface area contributed by atoms with Crippen LogP contribution >= 0.6 is 11.6 Å². The number of rotatable bonds is 4. The lowest BCUT2D eigenvalue weighted by Gasteiger charge is -2.18. The van der Waals surface area contributed by atoms with Gasteiger partial charge in [0.25, 0.3) is 0 Å². The molecule has 1 fully saturated rings. The number of anilines is 1. The topological polar surface area (TPSA) is 70.2 Å². The van der Waals surface area contributed by atoms with Crippen molar-refractivity contribution in [3.63, 3.8) is 0 Å². The van der Waals surface area contributed by atoms with Crippen molar-refractivity contribution in [1.82, 2.24) is 10.6 Å². The highest BCUT2D eigenvalue weighted by Crippen LogP contribution is 2.17. The largest absolute Gasteiger partial charge is 0.352 e. The van der Waals surface area contributed by atoms with Crippen LogP contribution in [-0.4, -0.2) is 24.0 Å². The number of hydrogen-bond donors (Lipinski definition) is 3. The van der Waals surface area contributed by atoms with Crippen LogP contribution in [0, 0.1) is 0 Å². The monoisotopic (exact) mass is 309 g/mol. The second kappa shape index (κ2) is 7.31. The zero-order chi connectivity index (χ0) is 15.2. The van der Waals surface area contributed by atoms with Gasteiger partial charge in [0, 0.05) is 16.8 Å². The summed E-state index contributed by atoms with van der Waals surface area (Å²) >= 11 is 5.77. The molecule has 0 heterocycles. The molecule has 1 aliphatic carbocycles. The molecule has 1 aromatic rings. The standard InChI is InChI=1S/C15H20ClN3O2/c1-10(14(20)18-12-4-2-3-5-12)17-15(21)19-13-8-6-11(16)7-9-13/h6-10,12H,2-5H2,1H3,(H,18,20)(H2,17,19,21)/t10-/m1/s1. The number of benzene rings is 1. The molecule has 5 nitrogen and oxygen atoms in total. The molecule has 2 rings (SSSR count). The van der Waals surface area contributed by atoms with E-state index >= 15 is 0 Å². The highest BCUT2D eigenvalue weighted by atomic mass is 35.5. The van der Waals surface area contributed by atoms with Crippen molar-refractivity contribution < 1.29 is 9.59 Å². The van der Waals surface area contributed by atoms with Gasteiger partial charge in [-0.1, -0.05) is 24.4 Å². The molecule has 0 saturated heterocycles. The summed E-state index contributed by atoms with van der Waals surface area (Å²) in [5.74, 6) is -0.145. The highest BCUT2D eigenvalue weighted by molar-refractivity contribution is 6.30. The molecule has 21 heavy (non-hydrogen) atoms. The Labute approximate surface area is 129 Å². The maximum Gasteiger partial charge on any atom is 0.319 e. The Hall–Kier alpha value is -1.75. The zero-order valence-electron chi connectivity index (χ0n) is 12.0. The van der Waals surface area contributed by atoms with Crippen molar-refractivity contribution in [3.05, 3.63) is 29.3 Å². The quantitative estimate of drug-likeness (QED) is 0.800. The van der Waals surface area contributed by atoms with Crippen LogP contribution in [0.15, 0.2) is 24.3 Å². The maximum absolute atomic E-state index is 12.0. The fourth-order valence-corrected chi connectivity index (χ4v) is 2.48. The minimum Gasteiger partial charge on any atom is -0.352 e. The van der Waals surface area contributed by atoms with E-state index in [1.807, 2.05) is 0 Å². The lowest BCUT2D eigenvalue weighted by atomic mass is 10.2. The fraction of sp³-hybridized carbons (Fsp3) is 0.467. The van der Waals surface area contributed by atoms with Gasteiger partial charge < -0.3 is 16.0 Å². The van der Waals surface area contributed by atoms with Crippen LogP contribution in [0.1, 0.15) is 32.6 Å². The second-order valence-electron chi connectivity index (χ2n) is 5.32. The van der Waals surface area contributed by atoms with Crippen LogP contribution in [0.25, 0.3) is 0 Å². The number of carbonyl (C=O) groups is 2. The van der Waals surface area contributed by atoms with Crippen LogP contribution in [0.3, 0.4) is 0 Å². The Kier molecular flexibility index (Phi) is 5.44. The molecule has 0 bridgehead atoms. The van der Waals surface area contributed by atoms with E-state index in [9.17, 15) is 9.59 Å². The van der Waals surface area contributed by atoms with Gasteiger partial charge in [-0.25, -0.2) is 4.79 Å². The van der Waals surface area contributed by atoms with E-state index in [1.54, 1.807) is 31.2 Å². The first kappa shape index (κ1) is 15.6. The van der Waals surface area contributed by atoms with Gasteiger partial charge in [0.05, 0.1) is 0 Å². The first-order chi connectivity index (χ1) is 10.0. The number of halogens is 1. The molecule has 0 radical (unpaired) electrons. The van der Waals surface area contributed by atoms with Gasteiger partial charge in [-0.05, 0) is 44.0 Å². The van der Waals surface area contributed by atoms with Crippen LogP contribution in [0.5, 0.6) is 0 Å². The van der Waals surface area contributed by atoms with E-state index in [2.05, 4.69) is 16.0 Å². The average Bonchev–Trinajstić information content (AvgIpc) is 2.94. The molecule has 3 amide bonds. The van der Waals surface area contributed by atoms with Crippen LogP contribution < -0.4 is 16.0 Å². The second-order valence-corrected chi connectivity index (χ2v) is 5.75. The first-order valence-corrected chi connectivity index (χ1v) is 7.56. The maximum atomic E-state index is 12.0. The summed E-state index contributed by atoms with van der Waals surface area (Å²) in [6.45, 7) is 1.67. The zero-order valence-corrected chi connectivity index (χ0v) is 12.7. The predicted molar refractivity (Wildman–Crippen MR) is 83.5 cm³/mol. The van der Waals surface area contributed by atoms with Crippen molar-refractivity contribution in [3.8, 4) is 0 Å². The number of amides is 3. The molecule has 6 heteroatoms. The summed E-state index contributed by atoms with van der Waals surface area (Å²) in [5, 5.41) is 8.84. The lowest BCUT2D eigenvalue weighted by Crippen LogP contribution is -2.48. The third kappa shape index (κ3) is 4.93. The number of nitrogens with one attached hydrogen (secondary N) is 3. The van der Waals surface area contributed by atoms with Crippen LogP contribution in [0.4, 0.5) is 10.5 Å². The molecule has 0 aliphatic heterocycles. The number of carbonyl (C=O) groups excluding carboxylic acids is 2. The van der Waals surface area contributed by atoms with Crippen molar-refractivity contribution >= 4 is 29.2 Å². The highest BCUT2D eigenvalue weighted by Gasteiger charge is 2.21. The van der Waals surface area contributed by atoms with Crippen molar-refractivity contribution in [2.75, 3.05) is 5.32 Å². The van der Waals surface area contributed by atoms with Gasteiger partial charge in [0.1, 0.15) is 6.04 Å². The van der Waals surface area contributed by atoms with E-state index in [-0.39, 0.29) is 11.9 Å². The van der Waals surface area contributed by atoms with E-state index < -0.39 is 12.1 Å². The molecule has 1 aromatic carbocycles. The molecule has 0 unspecified atom stereocenters. The van der Waals surface area contributed by atoms with Crippen LogP contribution in [-0.2, 0) is 4.79 Å². The van der Waals surface area contributed by atoms with Gasteiger partial charge in [-0.15, -0.1) is 0 Å². The van der Waals surface area contributed by atoms with E-state index in [0.717, 1.165) is 25.7 Å². The summed E-state index contributed by atoms with van der Waals surface area (Å²) in [6.07, 6.45) is 4.36. The summed E-state index contributed by atoms with van der Waals surface area (Å²) in [5.41, 5.74) is 0.625. The molecule has 1 atom stereocenters. The smallest absolute Gasteiger partial charge is 0.319 e. The Morgan fingerprint density at radius 2 is 1.81 bits per heavy atom. The third-order valence-electron chi connectivity index (χ3n) is 3.54. The summed E-state index contributed by atoms with van der Waals surface area (Å²) in [4.78, 5) is 23.8. The average molecular weight is 310 g/mol. The molecule has 0 spiro atoms. The lowest BCUT2D eigenvalue weighted by molar-refractivity contribution is -0.123. The van der Waals surface area contributed by atoms with Gasteiger partial charge in [0.15, 0.2) is 0 Å². The SMILES string of the molecule is C[C@@H](NC(=O)Nc1ccc(Cl)cc1)C(=O)NC1CCCC1. The Morgan fingerprint density at radius 3 is 2.43 bits per heavy atom. The van der Waals surface area contributed by atoms with Gasteiger partial charge in [0.2, 0.25) is 5.91 Å². The summed E-state index contributed by atoms with van der Waals surface area (Å²) < 4.78 is 0. The van der Waals surface area contributed by atoms with Gasteiger partial charge in [-0.3, -0.25) is 4.79 Å². The summed E-state index contributed by atoms with van der Waals surface area (Å²) in [7, 11) is 0. The number of urea groups is 1. The van der Waals surface area contributed by atoms with Crippen LogP contribution in [0.2, 0.25) is 5.02 Å². The number of hydrogen-bond acceptors (Lipinski definition) is 2. The molecule has 1 saturated carbocycles. The molecule has 1 aliphatic rings. The minimum atomic E-state index is -0.571. The molecular formula is C15H20ClN3O2. The molecule has 0 aromatic heterocycles. The van der Waals surface area contributed by atoms with Crippen molar-refractivity contribution in [1.29, 1.82) is 0 Å². The predicted octanol–water partition coefficient (Wildman–Crippen LogP) is 2.91. The van der Waals surface area contributed by atoms with Gasteiger partial charge >= 0.3 is 6.03 Å². The van der Waals surface area contributed by atoms with Gasteiger partial charge in [-0.2, -0.15) is 0 Å². The normalized spacial score (nSPS) is 16.3. The fourth-order valence-electron chi connectivity index (χ4n) is 2.36.